The Kier molecular flexibility index (Phi) is 4.39. The number of rotatable bonds is 6. The standard InChI is InChI=1S/C14H23N3O/c1-10(2)12-13(15-3)16-9-17-14(12)18-8-7-11-5-4-6-11/h9-11H,4-8H2,1-3H3,(H,15,16,17). The summed E-state index contributed by atoms with van der Waals surface area (Å²) in [5.74, 6) is 2.84. The van der Waals surface area contributed by atoms with E-state index in [1.54, 1.807) is 6.33 Å². The molecular formula is C14H23N3O. The van der Waals surface area contributed by atoms with Crippen molar-refractivity contribution >= 4 is 5.82 Å². The third kappa shape index (κ3) is 2.92. The molecule has 0 unspecified atom stereocenters. The van der Waals surface area contributed by atoms with Gasteiger partial charge in [-0.2, -0.15) is 0 Å². The second-order valence-corrected chi connectivity index (χ2v) is 5.28. The molecule has 4 heteroatoms. The summed E-state index contributed by atoms with van der Waals surface area (Å²) in [5.41, 5.74) is 1.08. The molecule has 1 saturated carbocycles. The molecule has 0 atom stereocenters. The van der Waals surface area contributed by atoms with Crippen LogP contribution in [0.25, 0.3) is 0 Å². The number of aromatic nitrogens is 2. The fourth-order valence-electron chi connectivity index (χ4n) is 2.32. The van der Waals surface area contributed by atoms with E-state index >= 15 is 0 Å². The third-order valence-corrected chi connectivity index (χ3v) is 3.65. The molecule has 0 aliphatic heterocycles. The van der Waals surface area contributed by atoms with Gasteiger partial charge >= 0.3 is 0 Å². The summed E-state index contributed by atoms with van der Waals surface area (Å²) >= 11 is 0. The van der Waals surface area contributed by atoms with Crippen LogP contribution >= 0.6 is 0 Å². The van der Waals surface area contributed by atoms with Crippen molar-refractivity contribution < 1.29 is 4.74 Å². The number of hydrogen-bond donors (Lipinski definition) is 1. The molecule has 4 nitrogen and oxygen atoms in total. The van der Waals surface area contributed by atoms with E-state index < -0.39 is 0 Å². The highest BCUT2D eigenvalue weighted by Gasteiger charge is 2.19. The van der Waals surface area contributed by atoms with Crippen LogP contribution in [0, 0.1) is 5.92 Å². The average molecular weight is 249 g/mol. The van der Waals surface area contributed by atoms with Gasteiger partial charge in [-0.15, -0.1) is 0 Å². The number of nitrogens with one attached hydrogen (secondary N) is 1. The van der Waals surface area contributed by atoms with Crippen LogP contribution in [0.3, 0.4) is 0 Å². The predicted molar refractivity (Wildman–Crippen MR) is 73.1 cm³/mol. The molecule has 1 aromatic heterocycles. The topological polar surface area (TPSA) is 47.0 Å². The lowest BCUT2D eigenvalue weighted by atomic mass is 9.83. The monoisotopic (exact) mass is 249 g/mol. The average Bonchev–Trinajstić information content (AvgIpc) is 2.31. The first kappa shape index (κ1) is 13.1. The molecule has 1 aromatic rings. The minimum Gasteiger partial charge on any atom is -0.477 e. The van der Waals surface area contributed by atoms with Crippen molar-refractivity contribution in [3.05, 3.63) is 11.9 Å². The molecule has 0 saturated heterocycles. The zero-order chi connectivity index (χ0) is 13.0. The Balaban J connectivity index is 2.01. The molecule has 0 amide bonds. The fourth-order valence-corrected chi connectivity index (χ4v) is 2.32. The van der Waals surface area contributed by atoms with Gasteiger partial charge in [0.1, 0.15) is 12.1 Å². The van der Waals surface area contributed by atoms with Crippen LogP contribution in [-0.2, 0) is 0 Å². The maximum atomic E-state index is 5.86. The molecule has 1 heterocycles. The predicted octanol–water partition coefficient (Wildman–Crippen LogP) is 3.21. The van der Waals surface area contributed by atoms with E-state index in [0.29, 0.717) is 5.92 Å². The molecule has 2 rings (SSSR count). The van der Waals surface area contributed by atoms with Crippen LogP contribution in [0.2, 0.25) is 0 Å². The summed E-state index contributed by atoms with van der Waals surface area (Å²) in [6, 6.07) is 0. The Morgan fingerprint density at radius 2 is 2.17 bits per heavy atom. The van der Waals surface area contributed by atoms with E-state index in [9.17, 15) is 0 Å². The van der Waals surface area contributed by atoms with Gasteiger partial charge in [-0.25, -0.2) is 9.97 Å². The lowest BCUT2D eigenvalue weighted by molar-refractivity contribution is 0.215. The zero-order valence-corrected chi connectivity index (χ0v) is 11.6. The summed E-state index contributed by atoms with van der Waals surface area (Å²) in [6.45, 7) is 5.04. The molecule has 1 fully saturated rings. The summed E-state index contributed by atoms with van der Waals surface area (Å²) in [4.78, 5) is 8.52. The van der Waals surface area contributed by atoms with Gasteiger partial charge < -0.3 is 10.1 Å². The summed E-state index contributed by atoms with van der Waals surface area (Å²) in [7, 11) is 1.88. The van der Waals surface area contributed by atoms with Crippen molar-refractivity contribution in [2.75, 3.05) is 19.0 Å². The van der Waals surface area contributed by atoms with Gasteiger partial charge in [0, 0.05) is 7.05 Å². The molecule has 0 radical (unpaired) electrons. The highest BCUT2D eigenvalue weighted by molar-refractivity contribution is 5.50. The normalized spacial score (nSPS) is 15.6. The number of hydrogen-bond acceptors (Lipinski definition) is 4. The van der Waals surface area contributed by atoms with Gasteiger partial charge in [0.25, 0.3) is 0 Å². The van der Waals surface area contributed by atoms with Crippen molar-refractivity contribution in [3.8, 4) is 5.88 Å². The second kappa shape index (κ2) is 6.03. The van der Waals surface area contributed by atoms with E-state index in [-0.39, 0.29) is 0 Å². The largest absolute Gasteiger partial charge is 0.477 e. The van der Waals surface area contributed by atoms with Crippen molar-refractivity contribution in [2.45, 2.75) is 45.4 Å². The number of anilines is 1. The summed E-state index contributed by atoms with van der Waals surface area (Å²) < 4.78 is 5.86. The van der Waals surface area contributed by atoms with E-state index in [2.05, 4.69) is 29.1 Å². The van der Waals surface area contributed by atoms with Crippen molar-refractivity contribution in [1.29, 1.82) is 0 Å². The Morgan fingerprint density at radius 1 is 1.39 bits per heavy atom. The van der Waals surface area contributed by atoms with Gasteiger partial charge in [0.2, 0.25) is 5.88 Å². The first-order valence-corrected chi connectivity index (χ1v) is 6.87. The van der Waals surface area contributed by atoms with Gasteiger partial charge in [-0.3, -0.25) is 0 Å². The molecule has 1 N–H and O–H groups in total. The number of nitrogens with zero attached hydrogens (tertiary/aromatic N) is 2. The van der Waals surface area contributed by atoms with Gasteiger partial charge in [-0.1, -0.05) is 33.1 Å². The van der Waals surface area contributed by atoms with Gasteiger partial charge in [-0.05, 0) is 18.3 Å². The Labute approximate surface area is 109 Å². The minimum absolute atomic E-state index is 0.354. The molecule has 18 heavy (non-hydrogen) atoms. The van der Waals surface area contributed by atoms with Crippen LogP contribution in [0.5, 0.6) is 5.88 Å². The van der Waals surface area contributed by atoms with E-state index in [4.69, 9.17) is 4.74 Å². The SMILES string of the molecule is CNc1ncnc(OCCC2CCC2)c1C(C)C. The Hall–Kier alpha value is -1.32. The smallest absolute Gasteiger partial charge is 0.222 e. The van der Waals surface area contributed by atoms with Crippen molar-refractivity contribution in [1.82, 2.24) is 9.97 Å². The van der Waals surface area contributed by atoms with E-state index in [1.165, 1.54) is 19.3 Å². The van der Waals surface area contributed by atoms with Gasteiger partial charge in [0.15, 0.2) is 0 Å². The number of ether oxygens (including phenoxy) is 1. The van der Waals surface area contributed by atoms with Gasteiger partial charge in [0.05, 0.1) is 12.2 Å². The van der Waals surface area contributed by atoms with Crippen molar-refractivity contribution in [2.24, 2.45) is 5.92 Å². The van der Waals surface area contributed by atoms with Crippen LogP contribution < -0.4 is 10.1 Å². The van der Waals surface area contributed by atoms with E-state index in [1.807, 2.05) is 7.05 Å². The third-order valence-electron chi connectivity index (χ3n) is 3.65. The van der Waals surface area contributed by atoms with Crippen LogP contribution in [-0.4, -0.2) is 23.6 Å². The lowest BCUT2D eigenvalue weighted by Crippen LogP contribution is -2.15. The highest BCUT2D eigenvalue weighted by atomic mass is 16.5. The summed E-state index contributed by atoms with van der Waals surface area (Å²) in [6.07, 6.45) is 6.84. The molecular weight excluding hydrogens is 226 g/mol. The molecule has 0 bridgehead atoms. The molecule has 1 aliphatic rings. The zero-order valence-electron chi connectivity index (χ0n) is 11.6. The van der Waals surface area contributed by atoms with Crippen LogP contribution in [0.1, 0.15) is 51.0 Å². The molecule has 0 spiro atoms. The lowest BCUT2D eigenvalue weighted by Gasteiger charge is -2.25. The Bertz CT molecular complexity index is 389. The van der Waals surface area contributed by atoms with Crippen LogP contribution in [0.15, 0.2) is 6.33 Å². The first-order chi connectivity index (χ1) is 8.72. The van der Waals surface area contributed by atoms with Crippen molar-refractivity contribution in [3.63, 3.8) is 0 Å². The first-order valence-electron chi connectivity index (χ1n) is 6.87. The quantitative estimate of drug-likeness (QED) is 0.841. The molecule has 0 aromatic carbocycles. The Morgan fingerprint density at radius 3 is 2.72 bits per heavy atom. The molecule has 100 valence electrons. The fraction of sp³-hybridized carbons (Fsp3) is 0.714. The minimum atomic E-state index is 0.354. The maximum Gasteiger partial charge on any atom is 0.222 e. The summed E-state index contributed by atoms with van der Waals surface area (Å²) in [5, 5.41) is 3.11. The molecule has 1 aliphatic carbocycles. The second-order valence-electron chi connectivity index (χ2n) is 5.28. The maximum absolute atomic E-state index is 5.86. The van der Waals surface area contributed by atoms with Crippen LogP contribution in [0.4, 0.5) is 5.82 Å². The van der Waals surface area contributed by atoms with E-state index in [0.717, 1.165) is 36.2 Å². The highest BCUT2D eigenvalue weighted by Crippen LogP contribution is 2.32.